The topological polar surface area (TPSA) is 84.5 Å². The standard InChI is InChI=1S/C17H20N2O4/c1-2-23-16(22)17(8-5-9-17)19-14(20)10-13-11-6-3-4-7-12(11)15(21)18-13/h3-4,6-7,13H,2,5,8-10H2,1H3,(H,18,21)(H,19,20)/t13-/m1/s1. The number of fused-ring (bicyclic) bond motifs is 1. The van der Waals surface area contributed by atoms with Crippen molar-refractivity contribution in [2.75, 3.05) is 6.61 Å². The Bertz CT molecular complexity index is 652. The largest absolute Gasteiger partial charge is 0.464 e. The molecule has 6 nitrogen and oxygen atoms in total. The molecule has 0 radical (unpaired) electrons. The highest BCUT2D eigenvalue weighted by Crippen LogP contribution is 2.34. The molecule has 1 aromatic rings. The number of hydrogen-bond acceptors (Lipinski definition) is 4. The van der Waals surface area contributed by atoms with Gasteiger partial charge in [-0.05, 0) is 37.8 Å². The SMILES string of the molecule is CCOC(=O)C1(NC(=O)C[C@H]2NC(=O)c3ccccc32)CCC1. The summed E-state index contributed by atoms with van der Waals surface area (Å²) < 4.78 is 5.07. The lowest BCUT2D eigenvalue weighted by Gasteiger charge is -2.39. The molecule has 2 N–H and O–H groups in total. The van der Waals surface area contributed by atoms with Crippen molar-refractivity contribution in [2.45, 2.75) is 44.2 Å². The lowest BCUT2D eigenvalue weighted by atomic mass is 9.76. The molecular weight excluding hydrogens is 296 g/mol. The summed E-state index contributed by atoms with van der Waals surface area (Å²) >= 11 is 0. The molecule has 1 aliphatic carbocycles. The molecule has 2 amide bonds. The van der Waals surface area contributed by atoms with Crippen molar-refractivity contribution in [3.05, 3.63) is 35.4 Å². The maximum atomic E-state index is 12.4. The van der Waals surface area contributed by atoms with Crippen LogP contribution in [-0.4, -0.2) is 29.9 Å². The summed E-state index contributed by atoms with van der Waals surface area (Å²) in [6.07, 6.45) is 2.21. The average molecular weight is 316 g/mol. The van der Waals surface area contributed by atoms with E-state index < -0.39 is 5.54 Å². The van der Waals surface area contributed by atoms with E-state index in [2.05, 4.69) is 10.6 Å². The van der Waals surface area contributed by atoms with E-state index >= 15 is 0 Å². The number of nitrogens with one attached hydrogen (secondary N) is 2. The van der Waals surface area contributed by atoms with E-state index in [-0.39, 0.29) is 30.2 Å². The Labute approximate surface area is 134 Å². The zero-order valence-electron chi connectivity index (χ0n) is 13.1. The van der Waals surface area contributed by atoms with Crippen LogP contribution in [0.15, 0.2) is 24.3 Å². The highest BCUT2D eigenvalue weighted by molar-refractivity contribution is 6.00. The van der Waals surface area contributed by atoms with Gasteiger partial charge >= 0.3 is 5.97 Å². The van der Waals surface area contributed by atoms with Gasteiger partial charge in [0.2, 0.25) is 5.91 Å². The maximum Gasteiger partial charge on any atom is 0.331 e. The van der Waals surface area contributed by atoms with Gasteiger partial charge in [0.25, 0.3) is 5.91 Å². The molecule has 0 spiro atoms. The van der Waals surface area contributed by atoms with Gasteiger partial charge in [0, 0.05) is 5.56 Å². The van der Waals surface area contributed by atoms with Crippen LogP contribution in [-0.2, 0) is 14.3 Å². The Kier molecular flexibility index (Phi) is 4.07. The molecular formula is C17H20N2O4. The molecule has 1 aromatic carbocycles. The first-order valence-corrected chi connectivity index (χ1v) is 7.94. The van der Waals surface area contributed by atoms with Gasteiger partial charge in [0.1, 0.15) is 5.54 Å². The minimum Gasteiger partial charge on any atom is -0.464 e. The van der Waals surface area contributed by atoms with Crippen molar-refractivity contribution in [3.63, 3.8) is 0 Å². The van der Waals surface area contributed by atoms with Gasteiger partial charge in [-0.2, -0.15) is 0 Å². The molecule has 1 atom stereocenters. The average Bonchev–Trinajstić information content (AvgIpc) is 2.80. The molecule has 2 aliphatic rings. The Morgan fingerprint density at radius 3 is 2.74 bits per heavy atom. The molecule has 0 saturated heterocycles. The summed E-state index contributed by atoms with van der Waals surface area (Å²) in [5.41, 5.74) is 0.551. The quantitative estimate of drug-likeness (QED) is 0.806. The second-order valence-electron chi connectivity index (χ2n) is 6.02. The number of carbonyl (C=O) groups excluding carboxylic acids is 3. The third-order valence-corrected chi connectivity index (χ3v) is 4.53. The van der Waals surface area contributed by atoms with Crippen molar-refractivity contribution in [3.8, 4) is 0 Å². The molecule has 0 aromatic heterocycles. The first-order valence-electron chi connectivity index (χ1n) is 7.94. The van der Waals surface area contributed by atoms with Crippen molar-refractivity contribution in [2.24, 2.45) is 0 Å². The molecule has 23 heavy (non-hydrogen) atoms. The van der Waals surface area contributed by atoms with Gasteiger partial charge in [0.15, 0.2) is 0 Å². The monoisotopic (exact) mass is 316 g/mol. The van der Waals surface area contributed by atoms with Gasteiger partial charge in [-0.15, -0.1) is 0 Å². The fourth-order valence-electron chi connectivity index (χ4n) is 3.17. The number of amides is 2. The summed E-state index contributed by atoms with van der Waals surface area (Å²) in [4.78, 5) is 36.3. The summed E-state index contributed by atoms with van der Waals surface area (Å²) in [5.74, 6) is -0.780. The highest BCUT2D eigenvalue weighted by Gasteiger charge is 2.47. The fraction of sp³-hybridized carbons (Fsp3) is 0.471. The van der Waals surface area contributed by atoms with Crippen LogP contribution in [0.1, 0.15) is 54.6 Å². The number of ether oxygens (including phenoxy) is 1. The van der Waals surface area contributed by atoms with Gasteiger partial charge < -0.3 is 15.4 Å². The number of carbonyl (C=O) groups is 3. The smallest absolute Gasteiger partial charge is 0.331 e. The van der Waals surface area contributed by atoms with Crippen LogP contribution in [0.5, 0.6) is 0 Å². The van der Waals surface area contributed by atoms with Gasteiger partial charge in [-0.1, -0.05) is 18.2 Å². The van der Waals surface area contributed by atoms with Crippen LogP contribution < -0.4 is 10.6 Å². The van der Waals surface area contributed by atoms with E-state index in [1.165, 1.54) is 0 Å². The van der Waals surface area contributed by atoms with Crippen LogP contribution >= 0.6 is 0 Å². The Hall–Kier alpha value is -2.37. The first kappa shape index (κ1) is 15.5. The molecule has 0 bridgehead atoms. The Morgan fingerprint density at radius 1 is 1.35 bits per heavy atom. The van der Waals surface area contributed by atoms with E-state index in [4.69, 9.17) is 4.74 Å². The molecule has 1 aliphatic heterocycles. The van der Waals surface area contributed by atoms with Gasteiger partial charge in [0.05, 0.1) is 19.1 Å². The van der Waals surface area contributed by atoms with Gasteiger partial charge in [-0.25, -0.2) is 4.79 Å². The minimum atomic E-state index is -0.880. The summed E-state index contributed by atoms with van der Waals surface area (Å²) in [6.45, 7) is 2.04. The molecule has 1 saturated carbocycles. The second-order valence-corrected chi connectivity index (χ2v) is 6.02. The lowest BCUT2D eigenvalue weighted by molar-refractivity contribution is -0.157. The molecule has 3 rings (SSSR count). The van der Waals surface area contributed by atoms with Crippen LogP contribution in [0.3, 0.4) is 0 Å². The van der Waals surface area contributed by atoms with Crippen LogP contribution in [0.4, 0.5) is 0 Å². The number of hydrogen-bond donors (Lipinski definition) is 2. The van der Waals surface area contributed by atoms with Crippen molar-refractivity contribution >= 4 is 17.8 Å². The molecule has 0 unspecified atom stereocenters. The number of esters is 1. The first-order chi connectivity index (χ1) is 11.1. The molecule has 122 valence electrons. The summed E-state index contributed by atoms with van der Waals surface area (Å²) in [5, 5.41) is 5.63. The third-order valence-electron chi connectivity index (χ3n) is 4.53. The maximum absolute atomic E-state index is 12.4. The van der Waals surface area contributed by atoms with Crippen molar-refractivity contribution < 1.29 is 19.1 Å². The zero-order chi connectivity index (χ0) is 16.4. The van der Waals surface area contributed by atoms with Crippen LogP contribution in [0.25, 0.3) is 0 Å². The van der Waals surface area contributed by atoms with E-state index in [1.807, 2.05) is 12.1 Å². The normalized spacial score (nSPS) is 20.9. The predicted octanol–water partition coefficient (Wildman–Crippen LogP) is 1.46. The van der Waals surface area contributed by atoms with Crippen LogP contribution in [0.2, 0.25) is 0 Å². The van der Waals surface area contributed by atoms with Gasteiger partial charge in [-0.3, -0.25) is 9.59 Å². The number of rotatable bonds is 5. The van der Waals surface area contributed by atoms with E-state index in [9.17, 15) is 14.4 Å². The van der Waals surface area contributed by atoms with Crippen molar-refractivity contribution in [1.29, 1.82) is 0 Å². The summed E-state index contributed by atoms with van der Waals surface area (Å²) in [7, 11) is 0. The van der Waals surface area contributed by atoms with E-state index in [0.717, 1.165) is 12.0 Å². The minimum absolute atomic E-state index is 0.115. The van der Waals surface area contributed by atoms with Crippen LogP contribution in [0, 0.1) is 0 Å². The zero-order valence-corrected chi connectivity index (χ0v) is 13.1. The Balaban J connectivity index is 1.66. The fourth-order valence-corrected chi connectivity index (χ4v) is 3.17. The third kappa shape index (κ3) is 2.81. The number of benzene rings is 1. The second kappa shape index (κ2) is 6.02. The Morgan fingerprint density at radius 2 is 2.09 bits per heavy atom. The van der Waals surface area contributed by atoms with E-state index in [0.29, 0.717) is 25.0 Å². The molecule has 6 heteroatoms. The van der Waals surface area contributed by atoms with E-state index in [1.54, 1.807) is 19.1 Å². The van der Waals surface area contributed by atoms with Crippen molar-refractivity contribution in [1.82, 2.24) is 10.6 Å². The highest BCUT2D eigenvalue weighted by atomic mass is 16.5. The molecule has 1 fully saturated rings. The lowest BCUT2D eigenvalue weighted by Crippen LogP contribution is -2.60. The summed E-state index contributed by atoms with van der Waals surface area (Å²) in [6, 6.07) is 6.88. The molecule has 1 heterocycles. The predicted molar refractivity (Wildman–Crippen MR) is 82.6 cm³/mol.